The second kappa shape index (κ2) is 9.44. The Morgan fingerprint density at radius 3 is 2.56 bits per heavy atom. The Labute approximate surface area is 204 Å². The molecular formula is C24H32ClN3O6. The number of esters is 1. The maximum Gasteiger partial charge on any atom is 0.408 e. The number of methoxy groups -OCH3 is 1. The van der Waals surface area contributed by atoms with Crippen molar-refractivity contribution in [1.82, 2.24) is 10.2 Å². The second-order valence-electron chi connectivity index (χ2n) is 10.3. The molecular weight excluding hydrogens is 462 g/mol. The monoisotopic (exact) mass is 493 g/mol. The van der Waals surface area contributed by atoms with Crippen LogP contribution >= 0.6 is 11.6 Å². The van der Waals surface area contributed by atoms with Crippen LogP contribution in [0.25, 0.3) is 0 Å². The van der Waals surface area contributed by atoms with Crippen LogP contribution in [0.4, 0.5) is 10.5 Å². The van der Waals surface area contributed by atoms with E-state index in [2.05, 4.69) is 10.6 Å². The number of nitrogens with one attached hydrogen (secondary N) is 2. The Kier molecular flexibility index (Phi) is 7.17. The molecule has 2 aliphatic rings. The number of likely N-dealkylation sites (tertiary alicyclic amines) is 1. The molecule has 34 heavy (non-hydrogen) atoms. The van der Waals surface area contributed by atoms with Crippen molar-refractivity contribution in [1.29, 1.82) is 0 Å². The van der Waals surface area contributed by atoms with Crippen LogP contribution in [-0.4, -0.2) is 60.1 Å². The first kappa shape index (κ1) is 25.8. The molecule has 0 aromatic heterocycles. The van der Waals surface area contributed by atoms with Gasteiger partial charge < -0.3 is 25.0 Å². The minimum absolute atomic E-state index is 0.0463. The summed E-state index contributed by atoms with van der Waals surface area (Å²) in [7, 11) is 1.24. The number of benzene rings is 1. The van der Waals surface area contributed by atoms with Crippen LogP contribution < -0.4 is 10.6 Å². The lowest BCUT2D eigenvalue weighted by Gasteiger charge is -2.30. The maximum absolute atomic E-state index is 13.7. The third kappa shape index (κ3) is 5.14. The minimum atomic E-state index is -1.15. The SMILES string of the molecule is COC(=O)C1C[C@@]2(CN1C(=O)[C@H](CC(C)C)NC(=O)OC(C)(C)C)C(=O)Nc1ccc(Cl)cc12. The molecule has 1 spiro atoms. The number of carbonyl (C=O) groups is 4. The molecule has 3 amide bonds. The second-order valence-corrected chi connectivity index (χ2v) is 10.7. The van der Waals surface area contributed by atoms with E-state index in [1.807, 2.05) is 13.8 Å². The molecule has 2 aliphatic heterocycles. The highest BCUT2D eigenvalue weighted by atomic mass is 35.5. The van der Waals surface area contributed by atoms with Gasteiger partial charge in [0.2, 0.25) is 11.8 Å². The van der Waals surface area contributed by atoms with Crippen molar-refractivity contribution in [2.75, 3.05) is 19.0 Å². The average molecular weight is 494 g/mol. The van der Waals surface area contributed by atoms with Gasteiger partial charge in [0.1, 0.15) is 17.7 Å². The van der Waals surface area contributed by atoms with E-state index in [-0.39, 0.29) is 24.8 Å². The van der Waals surface area contributed by atoms with Gasteiger partial charge in [-0.2, -0.15) is 0 Å². The van der Waals surface area contributed by atoms with Crippen molar-refractivity contribution in [2.45, 2.75) is 70.6 Å². The van der Waals surface area contributed by atoms with Crippen molar-refractivity contribution in [2.24, 2.45) is 5.92 Å². The Morgan fingerprint density at radius 1 is 1.29 bits per heavy atom. The van der Waals surface area contributed by atoms with E-state index < -0.39 is 41.1 Å². The fourth-order valence-corrected chi connectivity index (χ4v) is 4.74. The quantitative estimate of drug-likeness (QED) is 0.608. The molecule has 0 radical (unpaired) electrons. The molecule has 3 rings (SSSR count). The predicted octanol–water partition coefficient (Wildman–Crippen LogP) is 3.24. The fraction of sp³-hybridized carbons (Fsp3) is 0.583. The summed E-state index contributed by atoms with van der Waals surface area (Å²) in [5, 5.41) is 5.93. The first-order valence-electron chi connectivity index (χ1n) is 11.3. The van der Waals surface area contributed by atoms with Gasteiger partial charge in [0, 0.05) is 17.3 Å². The molecule has 0 aliphatic carbocycles. The van der Waals surface area contributed by atoms with Gasteiger partial charge in [-0.05, 0) is 63.3 Å². The maximum atomic E-state index is 13.7. The van der Waals surface area contributed by atoms with Crippen molar-refractivity contribution in [3.8, 4) is 0 Å². The van der Waals surface area contributed by atoms with E-state index >= 15 is 0 Å². The summed E-state index contributed by atoms with van der Waals surface area (Å²) in [4.78, 5) is 53.4. The number of carbonyl (C=O) groups excluding carboxylic acids is 4. The Hall–Kier alpha value is -2.81. The summed E-state index contributed by atoms with van der Waals surface area (Å²) < 4.78 is 10.3. The minimum Gasteiger partial charge on any atom is -0.467 e. The molecule has 186 valence electrons. The highest BCUT2D eigenvalue weighted by Crippen LogP contribution is 2.47. The number of nitrogens with zero attached hydrogens (tertiary/aromatic N) is 1. The van der Waals surface area contributed by atoms with Crippen LogP contribution in [0.2, 0.25) is 5.02 Å². The molecule has 1 saturated heterocycles. The fourth-order valence-electron chi connectivity index (χ4n) is 4.57. The van der Waals surface area contributed by atoms with E-state index in [1.54, 1.807) is 39.0 Å². The smallest absolute Gasteiger partial charge is 0.408 e. The van der Waals surface area contributed by atoms with Gasteiger partial charge in [0.05, 0.1) is 12.5 Å². The molecule has 1 aromatic carbocycles. The molecule has 9 nitrogen and oxygen atoms in total. The molecule has 1 aromatic rings. The summed E-state index contributed by atoms with van der Waals surface area (Å²) in [6, 6.07) is 3.11. The summed E-state index contributed by atoms with van der Waals surface area (Å²) >= 11 is 6.20. The van der Waals surface area contributed by atoms with E-state index in [1.165, 1.54) is 12.0 Å². The zero-order valence-electron chi connectivity index (χ0n) is 20.4. The Bertz CT molecular complexity index is 1000. The van der Waals surface area contributed by atoms with Crippen LogP contribution in [0.15, 0.2) is 18.2 Å². The van der Waals surface area contributed by atoms with Crippen molar-refractivity contribution >= 4 is 41.2 Å². The lowest BCUT2D eigenvalue weighted by molar-refractivity contribution is -0.151. The molecule has 2 N–H and O–H groups in total. The predicted molar refractivity (Wildman–Crippen MR) is 127 cm³/mol. The van der Waals surface area contributed by atoms with Crippen LogP contribution in [0.1, 0.15) is 53.0 Å². The topological polar surface area (TPSA) is 114 Å². The number of ether oxygens (including phenoxy) is 2. The first-order valence-corrected chi connectivity index (χ1v) is 11.6. The number of amides is 3. The Morgan fingerprint density at radius 2 is 1.97 bits per heavy atom. The lowest BCUT2D eigenvalue weighted by Crippen LogP contribution is -2.53. The number of rotatable bonds is 5. The molecule has 1 unspecified atom stereocenters. The standard InChI is InChI=1S/C24H32ClN3O6/c1-13(2)9-17(27-22(32)34-23(3,4)5)19(29)28-12-24(11-18(28)20(30)33-6)15-10-14(25)7-8-16(15)26-21(24)31/h7-8,10,13,17-18H,9,11-12H2,1-6H3,(H,26,31)(H,27,32)/t17-,18?,24-/m0/s1. The molecule has 0 saturated carbocycles. The summed E-state index contributed by atoms with van der Waals surface area (Å²) in [6.07, 6.45) is -0.360. The number of alkyl carbamates (subject to hydrolysis) is 1. The van der Waals surface area contributed by atoms with Crippen LogP contribution in [0.5, 0.6) is 0 Å². The molecule has 1 fully saturated rings. The van der Waals surface area contributed by atoms with Gasteiger partial charge in [-0.15, -0.1) is 0 Å². The van der Waals surface area contributed by atoms with Gasteiger partial charge in [-0.3, -0.25) is 9.59 Å². The molecule has 2 heterocycles. The third-order valence-electron chi connectivity index (χ3n) is 5.99. The van der Waals surface area contributed by atoms with Gasteiger partial charge in [-0.25, -0.2) is 9.59 Å². The van der Waals surface area contributed by atoms with E-state index in [9.17, 15) is 19.2 Å². The number of anilines is 1. The van der Waals surface area contributed by atoms with Crippen molar-refractivity contribution < 1.29 is 28.7 Å². The summed E-state index contributed by atoms with van der Waals surface area (Å²) in [5.41, 5.74) is -0.664. The number of hydrogen-bond donors (Lipinski definition) is 2. The zero-order chi connectivity index (χ0) is 25.4. The van der Waals surface area contributed by atoms with Crippen molar-refractivity contribution in [3.05, 3.63) is 28.8 Å². The normalized spacial score (nSPS) is 22.4. The molecule has 0 bridgehead atoms. The highest BCUT2D eigenvalue weighted by Gasteiger charge is 2.58. The van der Waals surface area contributed by atoms with Crippen molar-refractivity contribution in [3.63, 3.8) is 0 Å². The highest BCUT2D eigenvalue weighted by molar-refractivity contribution is 6.31. The number of hydrogen-bond acceptors (Lipinski definition) is 6. The lowest BCUT2D eigenvalue weighted by atomic mass is 9.79. The van der Waals surface area contributed by atoms with Gasteiger partial charge >= 0.3 is 12.1 Å². The van der Waals surface area contributed by atoms with Gasteiger partial charge in [0.15, 0.2) is 0 Å². The van der Waals surface area contributed by atoms with Gasteiger partial charge in [-0.1, -0.05) is 25.4 Å². The molecule has 3 atom stereocenters. The zero-order valence-corrected chi connectivity index (χ0v) is 21.1. The summed E-state index contributed by atoms with van der Waals surface area (Å²) in [6.45, 7) is 8.97. The van der Waals surface area contributed by atoms with Crippen LogP contribution in [0, 0.1) is 5.92 Å². The van der Waals surface area contributed by atoms with Crippen LogP contribution in [0.3, 0.4) is 0 Å². The number of halogens is 1. The van der Waals surface area contributed by atoms with Gasteiger partial charge in [0.25, 0.3) is 0 Å². The van der Waals surface area contributed by atoms with E-state index in [4.69, 9.17) is 21.1 Å². The average Bonchev–Trinajstić information content (AvgIpc) is 3.24. The largest absolute Gasteiger partial charge is 0.467 e. The third-order valence-corrected chi connectivity index (χ3v) is 6.23. The number of fused-ring (bicyclic) bond motifs is 2. The summed E-state index contributed by atoms with van der Waals surface area (Å²) in [5.74, 6) is -1.36. The van der Waals surface area contributed by atoms with E-state index in [0.717, 1.165) is 0 Å². The molecule has 10 heteroatoms. The van der Waals surface area contributed by atoms with E-state index in [0.29, 0.717) is 22.7 Å². The Balaban J connectivity index is 1.96. The first-order chi connectivity index (χ1) is 15.8. The van der Waals surface area contributed by atoms with Crippen LogP contribution in [-0.2, 0) is 29.3 Å².